The Balaban J connectivity index is 1.41. The van der Waals surface area contributed by atoms with Crippen LogP contribution in [0.5, 0.6) is 5.75 Å². The minimum absolute atomic E-state index is 0.0167. The molecule has 0 spiro atoms. The number of hydrogen-bond donors (Lipinski definition) is 4. The van der Waals surface area contributed by atoms with Gasteiger partial charge in [0.1, 0.15) is 30.1 Å². The maximum Gasteiger partial charge on any atom is 0.258 e. The summed E-state index contributed by atoms with van der Waals surface area (Å²) in [5.41, 5.74) is 3.44. The van der Waals surface area contributed by atoms with Crippen molar-refractivity contribution >= 4 is 22.8 Å². The van der Waals surface area contributed by atoms with E-state index in [0.717, 1.165) is 28.5 Å². The lowest BCUT2D eigenvalue weighted by molar-refractivity contribution is -0.139. The molecule has 0 radical (unpaired) electrons. The highest BCUT2D eigenvalue weighted by Crippen LogP contribution is 2.41. The summed E-state index contributed by atoms with van der Waals surface area (Å²) in [6.45, 7) is 4.83. The first kappa shape index (κ1) is 30.7. The monoisotopic (exact) mass is 607 g/mol. The second kappa shape index (κ2) is 12.8. The Hall–Kier alpha value is -3.80. The highest BCUT2D eigenvalue weighted by atomic mass is 32.2. The third-order valence-electron chi connectivity index (χ3n) is 7.52. The van der Waals surface area contributed by atoms with Crippen molar-refractivity contribution in [1.82, 2.24) is 20.4 Å². The summed E-state index contributed by atoms with van der Waals surface area (Å²) >= 11 is 0.821. The maximum atomic E-state index is 13.7. The Bertz CT molecular complexity index is 1550. The van der Waals surface area contributed by atoms with Crippen LogP contribution in [0, 0.1) is 11.3 Å². The van der Waals surface area contributed by atoms with Gasteiger partial charge in [0, 0.05) is 24.6 Å². The first-order chi connectivity index (χ1) is 20.6. The van der Waals surface area contributed by atoms with Gasteiger partial charge in [-0.3, -0.25) is 14.9 Å². The molecule has 2 aromatic carbocycles. The zero-order valence-corrected chi connectivity index (χ0v) is 24.7. The first-order valence-electron chi connectivity index (χ1n) is 14.0. The molecule has 3 aromatic rings. The van der Waals surface area contributed by atoms with E-state index in [-0.39, 0.29) is 30.3 Å². The number of hydrogen-bond acceptors (Lipinski definition) is 12. The molecule has 0 saturated carbocycles. The lowest BCUT2D eigenvalue weighted by Gasteiger charge is -2.32. The highest BCUT2D eigenvalue weighted by Gasteiger charge is 2.48. The third-order valence-corrected chi connectivity index (χ3v) is 8.52. The van der Waals surface area contributed by atoms with Crippen LogP contribution in [-0.2, 0) is 16.0 Å². The molecule has 13 heteroatoms. The van der Waals surface area contributed by atoms with E-state index in [1.165, 1.54) is 11.8 Å². The number of carbonyl (C=O) groups is 2. The van der Waals surface area contributed by atoms with Crippen molar-refractivity contribution in [1.29, 1.82) is 5.26 Å². The molecule has 1 amide bonds. The molecule has 1 fully saturated rings. The van der Waals surface area contributed by atoms with Crippen LogP contribution >= 0.6 is 11.8 Å². The van der Waals surface area contributed by atoms with Crippen molar-refractivity contribution in [2.24, 2.45) is 0 Å². The number of fused-ring (bicyclic) bond motifs is 1. The van der Waals surface area contributed by atoms with Gasteiger partial charge >= 0.3 is 0 Å². The fourth-order valence-corrected chi connectivity index (χ4v) is 6.55. The molecule has 1 aliphatic heterocycles. The molecule has 4 N–H and O–H groups in total. The van der Waals surface area contributed by atoms with Crippen LogP contribution in [-0.4, -0.2) is 84.3 Å². The predicted octanol–water partition coefficient (Wildman–Crippen LogP) is 2.17. The average molecular weight is 608 g/mol. The summed E-state index contributed by atoms with van der Waals surface area (Å²) in [6, 6.07) is 11.3. The van der Waals surface area contributed by atoms with Crippen LogP contribution < -0.4 is 10.1 Å². The number of thioether (sulfide) groups is 1. The number of rotatable bonds is 9. The maximum absolute atomic E-state index is 13.7. The Labute approximate surface area is 252 Å². The lowest BCUT2D eigenvalue weighted by Crippen LogP contribution is -2.50. The number of ether oxygens (including phenoxy) is 1. The third kappa shape index (κ3) is 6.15. The number of aliphatic hydroxyl groups is 3. The molecule has 5 rings (SSSR count). The van der Waals surface area contributed by atoms with Crippen molar-refractivity contribution in [2.75, 3.05) is 13.2 Å². The van der Waals surface area contributed by atoms with Gasteiger partial charge in [-0.25, -0.2) is 0 Å². The normalized spacial score (nSPS) is 22.8. The number of nitrogens with zero attached hydrogens (tertiary/aromatic N) is 4. The Kier molecular flexibility index (Phi) is 9.14. The number of carbonyl (C=O) groups excluding carboxylic acids is 2. The van der Waals surface area contributed by atoms with Gasteiger partial charge in [-0.05, 0) is 56.0 Å². The minimum Gasteiger partial charge on any atom is -0.490 e. The standard InChI is InChI=1S/C30H33N5O7S/c1-15(2)41-23-10-7-17(13-18(23)14-31)28-33-27(34-42-28)21-6-4-5-20-19(21)8-9-22(20)35(11-12-36)30(40)24-25(38)26(39)29(32-24)43-16(3)37/h4-7,10,13,15,22,24-26,29,32,36,38-39H,8-9,11-12H2,1-3H3/t22-,24+,25-,26-,29+/m0/s1. The molecule has 12 nitrogen and oxygen atoms in total. The molecule has 1 aliphatic carbocycles. The second-order valence-corrected chi connectivity index (χ2v) is 12.1. The molecular formula is C30H33N5O7S. The van der Waals surface area contributed by atoms with Crippen molar-refractivity contribution in [3.8, 4) is 34.7 Å². The van der Waals surface area contributed by atoms with E-state index in [9.17, 15) is 30.2 Å². The van der Waals surface area contributed by atoms with Crippen LogP contribution in [0.2, 0.25) is 0 Å². The first-order valence-corrected chi connectivity index (χ1v) is 14.9. The SMILES string of the molecule is CC(=O)S[C@H]1N[C@@H](C(=O)N(CCO)[C@H]2CCc3c(-c4noc(-c5ccc(OC(C)C)c(C#N)c5)n4)cccc32)[C@H](O)[C@@H]1O. The van der Waals surface area contributed by atoms with Gasteiger partial charge in [-0.15, -0.1) is 0 Å². The van der Waals surface area contributed by atoms with Crippen molar-refractivity contribution in [3.63, 3.8) is 0 Å². The fraction of sp³-hybridized carbons (Fsp3) is 0.433. The number of aliphatic hydroxyl groups excluding tert-OH is 3. The molecule has 2 heterocycles. The van der Waals surface area contributed by atoms with E-state index in [1.54, 1.807) is 18.2 Å². The van der Waals surface area contributed by atoms with Crippen molar-refractivity contribution in [3.05, 3.63) is 53.1 Å². The fourth-order valence-electron chi connectivity index (χ4n) is 5.68. The van der Waals surface area contributed by atoms with Crippen molar-refractivity contribution in [2.45, 2.75) is 69.4 Å². The largest absolute Gasteiger partial charge is 0.490 e. The van der Waals surface area contributed by atoms with Gasteiger partial charge in [0.25, 0.3) is 5.89 Å². The van der Waals surface area contributed by atoms with Crippen LogP contribution in [0.4, 0.5) is 0 Å². The van der Waals surface area contributed by atoms with Gasteiger partial charge < -0.3 is 29.5 Å². The number of benzene rings is 2. The van der Waals surface area contributed by atoms with E-state index < -0.39 is 35.6 Å². The second-order valence-electron chi connectivity index (χ2n) is 10.8. The summed E-state index contributed by atoms with van der Waals surface area (Å²) in [6.07, 6.45) is -1.65. The summed E-state index contributed by atoms with van der Waals surface area (Å²) in [5.74, 6) is 0.590. The zero-order chi connectivity index (χ0) is 30.8. The summed E-state index contributed by atoms with van der Waals surface area (Å²) in [5, 5.41) is 46.5. The Morgan fingerprint density at radius 3 is 2.74 bits per heavy atom. The quantitative estimate of drug-likeness (QED) is 0.279. The number of aromatic nitrogens is 2. The van der Waals surface area contributed by atoms with E-state index >= 15 is 0 Å². The Morgan fingerprint density at radius 2 is 2.05 bits per heavy atom. The summed E-state index contributed by atoms with van der Waals surface area (Å²) in [4.78, 5) is 31.4. The minimum atomic E-state index is -1.41. The lowest BCUT2D eigenvalue weighted by atomic mass is 10.0. The molecule has 1 saturated heterocycles. The smallest absolute Gasteiger partial charge is 0.258 e. The number of nitrogens with one attached hydrogen (secondary N) is 1. The van der Waals surface area contributed by atoms with E-state index in [0.29, 0.717) is 35.5 Å². The van der Waals surface area contributed by atoms with Gasteiger partial charge in [-0.1, -0.05) is 35.1 Å². The molecular weight excluding hydrogens is 574 g/mol. The molecule has 43 heavy (non-hydrogen) atoms. The average Bonchev–Trinajstić information content (AvgIpc) is 3.70. The summed E-state index contributed by atoms with van der Waals surface area (Å²) < 4.78 is 11.3. The zero-order valence-electron chi connectivity index (χ0n) is 23.9. The summed E-state index contributed by atoms with van der Waals surface area (Å²) in [7, 11) is 0. The molecule has 1 aromatic heterocycles. The van der Waals surface area contributed by atoms with E-state index in [1.807, 2.05) is 32.0 Å². The van der Waals surface area contributed by atoms with Gasteiger partial charge in [0.05, 0.1) is 29.7 Å². The van der Waals surface area contributed by atoms with Gasteiger partial charge in [0.15, 0.2) is 5.12 Å². The molecule has 0 bridgehead atoms. The predicted molar refractivity (Wildman–Crippen MR) is 157 cm³/mol. The van der Waals surface area contributed by atoms with Crippen molar-refractivity contribution < 1.29 is 34.2 Å². The van der Waals surface area contributed by atoms with Crippen LogP contribution in [0.3, 0.4) is 0 Å². The molecule has 226 valence electrons. The molecule has 5 atom stereocenters. The number of amides is 1. The van der Waals surface area contributed by atoms with E-state index in [2.05, 4.69) is 21.5 Å². The van der Waals surface area contributed by atoms with Crippen LogP contribution in [0.1, 0.15) is 49.9 Å². The van der Waals surface area contributed by atoms with Crippen LogP contribution in [0.15, 0.2) is 40.9 Å². The van der Waals surface area contributed by atoms with Gasteiger partial charge in [-0.2, -0.15) is 10.2 Å². The number of nitriles is 1. The molecule has 2 aliphatic rings. The van der Waals surface area contributed by atoms with E-state index in [4.69, 9.17) is 9.26 Å². The van der Waals surface area contributed by atoms with Crippen LogP contribution in [0.25, 0.3) is 22.8 Å². The van der Waals surface area contributed by atoms with Gasteiger partial charge in [0.2, 0.25) is 11.7 Å². The molecule has 0 unspecified atom stereocenters. The Morgan fingerprint density at radius 1 is 1.26 bits per heavy atom. The highest BCUT2D eigenvalue weighted by molar-refractivity contribution is 8.14. The topological polar surface area (TPSA) is 182 Å².